The summed E-state index contributed by atoms with van der Waals surface area (Å²) in [6, 6.07) is 4.69. The van der Waals surface area contributed by atoms with Gasteiger partial charge in [0.25, 0.3) is 0 Å². The molecule has 0 aliphatic rings. The van der Waals surface area contributed by atoms with Crippen LogP contribution in [-0.2, 0) is 29.9 Å². The largest absolute Gasteiger partial charge is 0.452 e. The lowest BCUT2D eigenvalue weighted by Crippen LogP contribution is -2.17. The minimum atomic E-state index is -4.31. The highest BCUT2D eigenvalue weighted by molar-refractivity contribution is 7.91. The number of anilines is 1. The van der Waals surface area contributed by atoms with Gasteiger partial charge in [-0.3, -0.25) is 0 Å². The molecule has 0 unspecified atom stereocenters. The Labute approximate surface area is 163 Å². The summed E-state index contributed by atoms with van der Waals surface area (Å²) in [5.41, 5.74) is 6.11. The minimum Gasteiger partial charge on any atom is -0.452 e. The molecule has 0 amide bonds. The number of benzene rings is 2. The molecule has 0 radical (unpaired) electrons. The van der Waals surface area contributed by atoms with Crippen LogP contribution < -0.4 is 20.7 Å². The van der Waals surface area contributed by atoms with Crippen molar-refractivity contribution in [2.24, 2.45) is 10.3 Å². The van der Waals surface area contributed by atoms with Crippen LogP contribution in [0.3, 0.4) is 0 Å². The zero-order valence-corrected chi connectivity index (χ0v) is 17.6. The molecule has 0 spiro atoms. The number of sulfonamides is 2. The lowest BCUT2D eigenvalue weighted by Gasteiger charge is -2.18. The molecule has 0 atom stereocenters. The number of primary sulfonamides is 2. The fourth-order valence-electron chi connectivity index (χ4n) is 2.57. The van der Waals surface area contributed by atoms with Crippen molar-refractivity contribution in [3.63, 3.8) is 0 Å². The van der Waals surface area contributed by atoms with Gasteiger partial charge in [-0.25, -0.2) is 35.5 Å². The number of hydrogen-bond acceptors (Lipinski definition) is 8. The fraction of sp³-hybridized carbons (Fsp3) is 0.200. The molecule has 2 aromatic carbocycles. The van der Waals surface area contributed by atoms with Gasteiger partial charge in [0, 0.05) is 6.26 Å². The average molecular weight is 450 g/mol. The lowest BCUT2D eigenvalue weighted by atomic mass is 10.1. The van der Waals surface area contributed by atoms with E-state index in [1.165, 1.54) is 13.0 Å². The molecule has 0 saturated carbocycles. The summed E-state index contributed by atoms with van der Waals surface area (Å²) >= 11 is 0. The van der Waals surface area contributed by atoms with Gasteiger partial charge >= 0.3 is 0 Å². The molecule has 10 nitrogen and oxygen atoms in total. The predicted molar refractivity (Wildman–Crippen MR) is 103 cm³/mol. The third-order valence-corrected chi connectivity index (χ3v) is 6.73. The van der Waals surface area contributed by atoms with E-state index in [1.807, 2.05) is 0 Å². The maximum absolute atomic E-state index is 12.1. The van der Waals surface area contributed by atoms with Gasteiger partial charge in [-0.05, 0) is 43.2 Å². The van der Waals surface area contributed by atoms with Gasteiger partial charge in [0.2, 0.25) is 20.0 Å². The highest BCUT2D eigenvalue weighted by Crippen LogP contribution is 2.41. The van der Waals surface area contributed by atoms with Crippen molar-refractivity contribution >= 4 is 35.6 Å². The Hall–Kier alpha value is -2.19. The van der Waals surface area contributed by atoms with Crippen LogP contribution in [-0.4, -0.2) is 31.5 Å². The first-order valence-corrected chi connectivity index (χ1v) is 12.5. The summed E-state index contributed by atoms with van der Waals surface area (Å²) in [4.78, 5) is -1.43. The summed E-state index contributed by atoms with van der Waals surface area (Å²) in [6.07, 6.45) is 0.855. The van der Waals surface area contributed by atoms with E-state index in [9.17, 15) is 25.3 Å². The van der Waals surface area contributed by atoms with Gasteiger partial charge in [0.1, 0.15) is 14.7 Å². The first-order chi connectivity index (χ1) is 12.5. The van der Waals surface area contributed by atoms with Crippen LogP contribution in [0.5, 0.6) is 11.5 Å². The molecule has 0 aliphatic carbocycles. The Kier molecular flexibility index (Phi) is 5.53. The Morgan fingerprint density at radius 3 is 1.75 bits per heavy atom. The molecule has 28 heavy (non-hydrogen) atoms. The normalized spacial score (nSPS) is 12.8. The van der Waals surface area contributed by atoms with Gasteiger partial charge < -0.3 is 10.5 Å². The first kappa shape index (κ1) is 22.1. The van der Waals surface area contributed by atoms with Crippen molar-refractivity contribution < 1.29 is 30.0 Å². The Morgan fingerprint density at radius 2 is 1.29 bits per heavy atom. The number of sulfone groups is 1. The number of ether oxygens (including phenoxy) is 1. The third-order valence-electron chi connectivity index (χ3n) is 3.72. The van der Waals surface area contributed by atoms with Crippen molar-refractivity contribution in [2.75, 3.05) is 12.0 Å². The van der Waals surface area contributed by atoms with Gasteiger partial charge in [0.05, 0.1) is 5.69 Å². The van der Waals surface area contributed by atoms with Crippen LogP contribution in [0.25, 0.3) is 0 Å². The van der Waals surface area contributed by atoms with E-state index in [0.717, 1.165) is 18.4 Å². The van der Waals surface area contributed by atoms with Gasteiger partial charge in [-0.15, -0.1) is 0 Å². The standard InChI is InChI=1S/C15H19N3O7S3/c1-8-6-9(2)14(12(7-8)28(18,23)24)25-15-11(26(3,19)20)5-4-10(13(15)16)27(17,21)22/h4-7H,16H2,1-3H3,(H2,17,21,22)(H2,18,23,24). The van der Waals surface area contributed by atoms with Crippen LogP contribution >= 0.6 is 0 Å². The van der Waals surface area contributed by atoms with Crippen molar-refractivity contribution in [3.05, 3.63) is 35.4 Å². The Bertz CT molecular complexity index is 1280. The maximum Gasteiger partial charge on any atom is 0.241 e. The second kappa shape index (κ2) is 7.00. The second-order valence-electron chi connectivity index (χ2n) is 6.18. The van der Waals surface area contributed by atoms with Crippen LogP contribution in [0.15, 0.2) is 39.0 Å². The van der Waals surface area contributed by atoms with E-state index in [0.29, 0.717) is 11.1 Å². The smallest absolute Gasteiger partial charge is 0.241 e. The molecule has 2 aromatic rings. The topological polar surface area (TPSA) is 190 Å². The molecule has 154 valence electrons. The van der Waals surface area contributed by atoms with E-state index in [1.54, 1.807) is 13.0 Å². The molecule has 0 aromatic heterocycles. The summed E-state index contributed by atoms with van der Waals surface area (Å²) < 4.78 is 77.2. The highest BCUT2D eigenvalue weighted by Gasteiger charge is 2.27. The van der Waals surface area contributed by atoms with Crippen LogP contribution in [0.2, 0.25) is 0 Å². The quantitative estimate of drug-likeness (QED) is 0.545. The molecule has 0 aliphatic heterocycles. The molecule has 0 fully saturated rings. The Morgan fingerprint density at radius 1 is 0.786 bits per heavy atom. The van der Waals surface area contributed by atoms with E-state index >= 15 is 0 Å². The Balaban J connectivity index is 2.91. The van der Waals surface area contributed by atoms with Crippen molar-refractivity contribution in [1.29, 1.82) is 0 Å². The van der Waals surface area contributed by atoms with Gasteiger partial charge in [-0.1, -0.05) is 6.07 Å². The summed E-state index contributed by atoms with van der Waals surface area (Å²) in [5, 5.41) is 10.3. The lowest BCUT2D eigenvalue weighted by molar-refractivity contribution is 0.451. The van der Waals surface area contributed by atoms with E-state index in [2.05, 4.69) is 0 Å². The molecule has 2 rings (SSSR count). The number of nitrogen functional groups attached to an aromatic ring is 1. The predicted octanol–water partition coefficient (Wildman–Crippen LogP) is 0.376. The molecule has 0 bridgehead atoms. The second-order valence-corrected chi connectivity index (χ2v) is 11.2. The van der Waals surface area contributed by atoms with Crippen molar-refractivity contribution in [2.45, 2.75) is 28.5 Å². The molecule has 0 heterocycles. The van der Waals surface area contributed by atoms with Crippen LogP contribution in [0, 0.1) is 13.8 Å². The van der Waals surface area contributed by atoms with Crippen LogP contribution in [0.4, 0.5) is 5.69 Å². The first-order valence-electron chi connectivity index (χ1n) is 7.50. The molecule has 6 N–H and O–H groups in total. The number of hydrogen-bond donors (Lipinski definition) is 3. The minimum absolute atomic E-state index is 0.281. The number of rotatable bonds is 5. The summed E-state index contributed by atoms with van der Waals surface area (Å²) in [7, 11) is -12.5. The molecule has 13 heteroatoms. The summed E-state index contributed by atoms with van der Waals surface area (Å²) in [5.74, 6) is -0.845. The number of aryl methyl sites for hydroxylation is 2. The van der Waals surface area contributed by atoms with E-state index in [-0.39, 0.29) is 5.75 Å². The zero-order chi connectivity index (χ0) is 21.7. The van der Waals surface area contributed by atoms with Gasteiger partial charge in [-0.2, -0.15) is 0 Å². The molecular weight excluding hydrogens is 430 g/mol. The SMILES string of the molecule is Cc1cc(C)c(Oc2c(S(C)(=O)=O)ccc(S(N)(=O)=O)c2N)c(S(N)(=O)=O)c1. The summed E-state index contributed by atoms with van der Waals surface area (Å²) in [6.45, 7) is 3.14. The third kappa shape index (κ3) is 4.44. The van der Waals surface area contributed by atoms with Crippen molar-refractivity contribution in [3.8, 4) is 11.5 Å². The van der Waals surface area contributed by atoms with E-state index < -0.39 is 56.0 Å². The molecular formula is C15H19N3O7S3. The van der Waals surface area contributed by atoms with Gasteiger partial charge in [0.15, 0.2) is 21.3 Å². The van der Waals surface area contributed by atoms with E-state index in [4.69, 9.17) is 20.7 Å². The maximum atomic E-state index is 12.1. The zero-order valence-electron chi connectivity index (χ0n) is 15.1. The number of nitrogens with two attached hydrogens (primary N) is 3. The average Bonchev–Trinajstić information content (AvgIpc) is 2.47. The molecule has 0 saturated heterocycles. The highest BCUT2D eigenvalue weighted by atomic mass is 32.2. The van der Waals surface area contributed by atoms with Crippen molar-refractivity contribution in [1.82, 2.24) is 0 Å². The van der Waals surface area contributed by atoms with Crippen LogP contribution in [0.1, 0.15) is 11.1 Å². The fourth-order valence-corrected chi connectivity index (χ4v) is 4.84. The monoisotopic (exact) mass is 449 g/mol.